The van der Waals surface area contributed by atoms with Crippen molar-refractivity contribution in [3.05, 3.63) is 0 Å². The van der Waals surface area contributed by atoms with Crippen molar-refractivity contribution in [3.8, 4) is 0 Å². The molecule has 36 heavy (non-hydrogen) atoms. The zero-order valence-electron chi connectivity index (χ0n) is 23.9. The normalized spacial score (nSPS) is 12.1. The van der Waals surface area contributed by atoms with Gasteiger partial charge in [-0.1, -0.05) is 161 Å². The Morgan fingerprint density at radius 1 is 0.556 bits per heavy atom. The van der Waals surface area contributed by atoms with E-state index in [0.717, 1.165) is 19.3 Å². The zero-order chi connectivity index (χ0) is 26.5. The zero-order valence-corrected chi connectivity index (χ0v) is 23.9. The van der Waals surface area contributed by atoms with Crippen LogP contribution in [0.15, 0.2) is 0 Å². The van der Waals surface area contributed by atoms with Crippen molar-refractivity contribution in [1.82, 2.24) is 0 Å². The van der Waals surface area contributed by atoms with Gasteiger partial charge in [-0.2, -0.15) is 0 Å². The van der Waals surface area contributed by atoms with Crippen LogP contribution in [0.2, 0.25) is 0 Å². The van der Waals surface area contributed by atoms with E-state index in [2.05, 4.69) is 11.7 Å². The fourth-order valence-corrected chi connectivity index (χ4v) is 4.72. The van der Waals surface area contributed by atoms with E-state index in [0.29, 0.717) is 0 Å². The van der Waals surface area contributed by atoms with Crippen molar-refractivity contribution < 1.29 is 19.4 Å². The fourth-order valence-electron chi connectivity index (χ4n) is 4.72. The molecule has 0 aliphatic heterocycles. The number of hydrogen-bond donors (Lipinski definition) is 2. The third-order valence-electron chi connectivity index (χ3n) is 7.20. The summed E-state index contributed by atoms with van der Waals surface area (Å²) in [5.74, 6) is -1.39. The smallest absolute Gasteiger partial charge is 0.332 e. The van der Waals surface area contributed by atoms with Crippen LogP contribution in [0.5, 0.6) is 0 Å². The lowest BCUT2D eigenvalue weighted by Gasteiger charge is -2.07. The number of esters is 2. The van der Waals surface area contributed by atoms with Crippen LogP contribution in [-0.4, -0.2) is 29.7 Å². The molecule has 0 heterocycles. The molecule has 0 amide bonds. The summed E-state index contributed by atoms with van der Waals surface area (Å²) in [5.41, 5.74) is 5.31. The first-order chi connectivity index (χ1) is 17.6. The average molecular weight is 512 g/mol. The second-order valence-corrected chi connectivity index (χ2v) is 10.8. The molecule has 5 heteroatoms. The lowest BCUT2D eigenvalue weighted by Crippen LogP contribution is -2.36. The van der Waals surface area contributed by atoms with Crippen LogP contribution in [0, 0.1) is 0 Å². The van der Waals surface area contributed by atoms with E-state index >= 15 is 0 Å². The molecule has 3 N–H and O–H groups in total. The van der Waals surface area contributed by atoms with Gasteiger partial charge in [0.25, 0.3) is 0 Å². The van der Waals surface area contributed by atoms with Gasteiger partial charge in [0.2, 0.25) is 0 Å². The molecule has 0 radical (unpaired) electrons. The van der Waals surface area contributed by atoms with Crippen LogP contribution in [0.1, 0.15) is 174 Å². The topological polar surface area (TPSA) is 89.6 Å². The van der Waals surface area contributed by atoms with Crippen LogP contribution < -0.4 is 5.73 Å². The van der Waals surface area contributed by atoms with Gasteiger partial charge in [-0.05, 0) is 6.42 Å². The van der Waals surface area contributed by atoms with E-state index < -0.39 is 24.6 Å². The number of aliphatic hydroxyl groups is 1. The highest BCUT2D eigenvalue weighted by Crippen LogP contribution is 2.16. The molecule has 0 aliphatic carbocycles. The molecule has 0 rings (SSSR count). The maximum Gasteiger partial charge on any atom is 0.332 e. The number of carbonyl (C=O) groups is 2. The molecule has 0 aromatic heterocycles. The van der Waals surface area contributed by atoms with Crippen molar-refractivity contribution >= 4 is 11.9 Å². The van der Waals surface area contributed by atoms with Crippen molar-refractivity contribution in [2.75, 3.05) is 6.61 Å². The van der Waals surface area contributed by atoms with E-state index in [-0.39, 0.29) is 6.42 Å². The highest BCUT2D eigenvalue weighted by atomic mass is 16.6. The molecular weight excluding hydrogens is 450 g/mol. The standard InChI is InChI=1S/C31H61NO4/c1-2-3-4-5-6-7-8-9-10-11-12-13-14-15-16-17-18-19-20-21-22-23-24-25-26-27-30(34)36-31(35)29(32)28-33/h29,33H,2-28,32H2,1H3/t29-/m0/s1. The van der Waals surface area contributed by atoms with Crippen molar-refractivity contribution in [3.63, 3.8) is 0 Å². The number of carbonyl (C=O) groups excluding carboxylic acids is 2. The van der Waals surface area contributed by atoms with E-state index in [9.17, 15) is 9.59 Å². The van der Waals surface area contributed by atoms with Gasteiger partial charge < -0.3 is 15.6 Å². The second kappa shape index (κ2) is 28.6. The van der Waals surface area contributed by atoms with Gasteiger partial charge in [-0.3, -0.25) is 4.79 Å². The molecule has 0 fully saturated rings. The first-order valence-corrected chi connectivity index (χ1v) is 15.7. The molecule has 0 bridgehead atoms. The number of unbranched alkanes of at least 4 members (excludes halogenated alkanes) is 24. The summed E-state index contributed by atoms with van der Waals surface area (Å²) in [4.78, 5) is 22.8. The second-order valence-electron chi connectivity index (χ2n) is 10.8. The Balaban J connectivity index is 3.15. The Bertz CT molecular complexity index is 483. The summed E-state index contributed by atoms with van der Waals surface area (Å²) in [6, 6.07) is -1.13. The van der Waals surface area contributed by atoms with Gasteiger partial charge in [-0.15, -0.1) is 0 Å². The van der Waals surface area contributed by atoms with E-state index in [1.54, 1.807) is 0 Å². The van der Waals surface area contributed by atoms with Crippen LogP contribution in [0.3, 0.4) is 0 Å². The third-order valence-corrected chi connectivity index (χ3v) is 7.20. The minimum Gasteiger partial charge on any atom is -0.394 e. The Morgan fingerprint density at radius 2 is 0.833 bits per heavy atom. The maximum absolute atomic E-state index is 11.5. The molecule has 0 aromatic carbocycles. The Labute approximate surface area is 223 Å². The Kier molecular flexibility index (Phi) is 27.9. The molecule has 0 aliphatic rings. The van der Waals surface area contributed by atoms with Gasteiger partial charge in [0, 0.05) is 6.42 Å². The Hall–Kier alpha value is -0.940. The first kappa shape index (κ1) is 35.1. The minimum atomic E-state index is -1.13. The van der Waals surface area contributed by atoms with E-state index in [1.165, 1.54) is 141 Å². The third kappa shape index (κ3) is 26.1. The number of ether oxygens (including phenoxy) is 1. The van der Waals surface area contributed by atoms with Crippen molar-refractivity contribution in [2.24, 2.45) is 5.73 Å². The molecule has 0 unspecified atom stereocenters. The van der Waals surface area contributed by atoms with Crippen LogP contribution in [0.25, 0.3) is 0 Å². The lowest BCUT2D eigenvalue weighted by molar-refractivity contribution is -0.161. The van der Waals surface area contributed by atoms with Crippen LogP contribution in [-0.2, 0) is 14.3 Å². The van der Waals surface area contributed by atoms with Gasteiger partial charge in [0.05, 0.1) is 6.61 Å². The number of nitrogens with two attached hydrogens (primary N) is 1. The molecule has 0 spiro atoms. The number of rotatable bonds is 28. The predicted octanol–water partition coefficient (Wildman–Crippen LogP) is 8.54. The molecule has 0 saturated heterocycles. The molecule has 0 aromatic rings. The summed E-state index contributed by atoms with van der Waals surface area (Å²) in [6.07, 6.45) is 33.9. The van der Waals surface area contributed by atoms with Crippen molar-refractivity contribution in [2.45, 2.75) is 180 Å². The summed E-state index contributed by atoms with van der Waals surface area (Å²) < 4.78 is 4.59. The first-order valence-electron chi connectivity index (χ1n) is 15.7. The molecule has 0 saturated carbocycles. The molecule has 214 valence electrons. The molecule has 5 nitrogen and oxygen atoms in total. The van der Waals surface area contributed by atoms with Crippen LogP contribution >= 0.6 is 0 Å². The lowest BCUT2D eigenvalue weighted by atomic mass is 10.0. The largest absolute Gasteiger partial charge is 0.394 e. The monoisotopic (exact) mass is 511 g/mol. The van der Waals surface area contributed by atoms with Gasteiger partial charge in [0.15, 0.2) is 0 Å². The van der Waals surface area contributed by atoms with Gasteiger partial charge in [-0.25, -0.2) is 4.79 Å². The maximum atomic E-state index is 11.5. The highest BCUT2D eigenvalue weighted by Gasteiger charge is 2.17. The summed E-state index contributed by atoms with van der Waals surface area (Å²) in [6.45, 7) is 1.78. The quantitative estimate of drug-likeness (QED) is 0.0624. The summed E-state index contributed by atoms with van der Waals surface area (Å²) >= 11 is 0. The van der Waals surface area contributed by atoms with Gasteiger partial charge >= 0.3 is 11.9 Å². The summed E-state index contributed by atoms with van der Waals surface area (Å²) in [5, 5.41) is 8.76. The van der Waals surface area contributed by atoms with E-state index in [1.807, 2.05) is 0 Å². The van der Waals surface area contributed by atoms with Crippen molar-refractivity contribution in [1.29, 1.82) is 0 Å². The minimum absolute atomic E-state index is 0.239. The number of aliphatic hydroxyl groups excluding tert-OH is 1. The SMILES string of the molecule is CCCCCCCCCCCCCCCCCCCCCCCCCCCC(=O)OC(=O)[C@@H](N)CO. The Morgan fingerprint density at radius 3 is 1.11 bits per heavy atom. The highest BCUT2D eigenvalue weighted by molar-refractivity contribution is 5.88. The average Bonchev–Trinajstić information content (AvgIpc) is 2.88. The fraction of sp³-hybridized carbons (Fsp3) is 0.935. The molecular formula is C31H61NO4. The number of hydrogen-bond acceptors (Lipinski definition) is 5. The summed E-state index contributed by atoms with van der Waals surface area (Å²) in [7, 11) is 0. The predicted molar refractivity (Wildman–Crippen MR) is 152 cm³/mol. The van der Waals surface area contributed by atoms with E-state index in [4.69, 9.17) is 10.8 Å². The van der Waals surface area contributed by atoms with Crippen LogP contribution in [0.4, 0.5) is 0 Å². The van der Waals surface area contributed by atoms with Gasteiger partial charge in [0.1, 0.15) is 6.04 Å². The molecule has 1 atom stereocenters.